The predicted octanol–water partition coefficient (Wildman–Crippen LogP) is 3.66. The number of aryl methyl sites for hydroxylation is 1. The molecule has 8 heteroatoms. The summed E-state index contributed by atoms with van der Waals surface area (Å²) in [6.07, 6.45) is 0. The van der Waals surface area contributed by atoms with E-state index in [2.05, 4.69) is 0 Å². The lowest BCUT2D eigenvalue weighted by Crippen LogP contribution is -2.30. The van der Waals surface area contributed by atoms with E-state index in [9.17, 15) is 14.9 Å². The van der Waals surface area contributed by atoms with Crippen LogP contribution in [0.15, 0.2) is 29.6 Å². The minimum Gasteiger partial charge on any atom is -0.482 e. The van der Waals surface area contributed by atoms with Crippen LogP contribution in [-0.2, 0) is 11.3 Å². The van der Waals surface area contributed by atoms with E-state index in [-0.39, 0.29) is 29.0 Å². The largest absolute Gasteiger partial charge is 0.482 e. The first-order valence-electron chi connectivity index (χ1n) is 6.72. The van der Waals surface area contributed by atoms with Crippen molar-refractivity contribution < 1.29 is 14.5 Å². The molecular weight excluding hydrogens is 340 g/mol. The second kappa shape index (κ2) is 7.43. The van der Waals surface area contributed by atoms with E-state index >= 15 is 0 Å². The van der Waals surface area contributed by atoms with Crippen molar-refractivity contribution in [2.75, 3.05) is 13.7 Å². The fourth-order valence-electron chi connectivity index (χ4n) is 1.84. The van der Waals surface area contributed by atoms with Crippen molar-refractivity contribution in [2.45, 2.75) is 13.5 Å². The zero-order valence-electron chi connectivity index (χ0n) is 12.6. The molecule has 0 radical (unpaired) electrons. The Bertz CT molecular complexity index is 732. The van der Waals surface area contributed by atoms with Gasteiger partial charge in [-0.05, 0) is 30.0 Å². The summed E-state index contributed by atoms with van der Waals surface area (Å²) >= 11 is 7.52. The van der Waals surface area contributed by atoms with Gasteiger partial charge in [0.25, 0.3) is 11.6 Å². The number of hydrogen-bond donors (Lipinski definition) is 0. The van der Waals surface area contributed by atoms with Gasteiger partial charge >= 0.3 is 0 Å². The van der Waals surface area contributed by atoms with Gasteiger partial charge in [0.1, 0.15) is 5.75 Å². The van der Waals surface area contributed by atoms with Crippen LogP contribution in [0.1, 0.15) is 10.4 Å². The molecule has 0 unspecified atom stereocenters. The van der Waals surface area contributed by atoms with Crippen LogP contribution >= 0.6 is 22.9 Å². The number of non-ortho nitro benzene ring substituents is 1. The van der Waals surface area contributed by atoms with Gasteiger partial charge in [0.15, 0.2) is 6.61 Å². The highest BCUT2D eigenvalue weighted by Crippen LogP contribution is 2.28. The van der Waals surface area contributed by atoms with E-state index < -0.39 is 4.92 Å². The van der Waals surface area contributed by atoms with Gasteiger partial charge in [-0.3, -0.25) is 14.9 Å². The Morgan fingerprint density at radius 3 is 2.74 bits per heavy atom. The van der Waals surface area contributed by atoms with Gasteiger partial charge in [0.2, 0.25) is 0 Å². The fourth-order valence-corrected chi connectivity index (χ4v) is 3.03. The molecule has 0 aliphatic heterocycles. The number of thiophene rings is 1. The molecule has 0 atom stereocenters. The molecule has 0 saturated carbocycles. The van der Waals surface area contributed by atoms with E-state index in [4.69, 9.17) is 16.3 Å². The molecule has 0 saturated heterocycles. The van der Waals surface area contributed by atoms with E-state index in [0.717, 1.165) is 10.4 Å². The maximum Gasteiger partial charge on any atom is 0.271 e. The first-order valence-corrected chi connectivity index (χ1v) is 7.98. The zero-order chi connectivity index (χ0) is 17.0. The summed E-state index contributed by atoms with van der Waals surface area (Å²) in [5.74, 6) is 0.0403. The van der Waals surface area contributed by atoms with Crippen molar-refractivity contribution in [1.82, 2.24) is 4.90 Å². The number of likely N-dealkylation sites (N-methyl/N-ethyl adjacent to an activating group) is 1. The van der Waals surface area contributed by atoms with Gasteiger partial charge < -0.3 is 9.64 Å². The lowest BCUT2D eigenvalue weighted by molar-refractivity contribution is -0.384. The van der Waals surface area contributed by atoms with Crippen molar-refractivity contribution >= 4 is 34.5 Å². The molecule has 122 valence electrons. The zero-order valence-corrected chi connectivity index (χ0v) is 14.2. The molecule has 1 aromatic heterocycles. The number of hydrogen-bond acceptors (Lipinski definition) is 5. The maximum absolute atomic E-state index is 12.1. The second-order valence-corrected chi connectivity index (χ2v) is 6.34. The Labute approximate surface area is 142 Å². The summed E-state index contributed by atoms with van der Waals surface area (Å²) in [7, 11) is 1.70. The number of carbonyl (C=O) groups excluding carboxylic acids is 1. The first kappa shape index (κ1) is 17.2. The van der Waals surface area contributed by atoms with Crippen LogP contribution in [0, 0.1) is 17.0 Å². The molecule has 0 bridgehead atoms. The third kappa shape index (κ3) is 4.43. The Morgan fingerprint density at radius 1 is 1.43 bits per heavy atom. The Morgan fingerprint density at radius 2 is 2.17 bits per heavy atom. The molecule has 23 heavy (non-hydrogen) atoms. The average Bonchev–Trinajstić information content (AvgIpc) is 2.90. The molecule has 1 heterocycles. The molecular formula is C15H15ClN2O4S. The fraction of sp³-hybridized carbons (Fsp3) is 0.267. The van der Waals surface area contributed by atoms with Gasteiger partial charge in [-0.2, -0.15) is 0 Å². The maximum atomic E-state index is 12.1. The number of ether oxygens (including phenoxy) is 1. The van der Waals surface area contributed by atoms with Crippen LogP contribution in [-0.4, -0.2) is 29.4 Å². The highest BCUT2D eigenvalue weighted by atomic mass is 35.5. The minimum absolute atomic E-state index is 0.101. The normalized spacial score (nSPS) is 10.4. The second-order valence-electron chi connectivity index (χ2n) is 4.94. The van der Waals surface area contributed by atoms with Crippen molar-refractivity contribution in [3.63, 3.8) is 0 Å². The summed E-state index contributed by atoms with van der Waals surface area (Å²) in [5.41, 5.74) is 1.02. The average molecular weight is 355 g/mol. The smallest absolute Gasteiger partial charge is 0.271 e. The van der Waals surface area contributed by atoms with Gasteiger partial charge in [0, 0.05) is 24.1 Å². The molecule has 2 rings (SSSR count). The molecule has 0 aliphatic rings. The van der Waals surface area contributed by atoms with Crippen molar-refractivity contribution in [1.29, 1.82) is 0 Å². The molecule has 1 aromatic carbocycles. The lowest BCUT2D eigenvalue weighted by atomic mass is 10.3. The number of nitrogens with zero attached hydrogens (tertiary/aromatic N) is 2. The minimum atomic E-state index is -0.544. The Hall–Kier alpha value is -2.12. The third-order valence-corrected chi connectivity index (χ3v) is 4.56. The van der Waals surface area contributed by atoms with Crippen LogP contribution in [0.4, 0.5) is 5.69 Å². The molecule has 0 spiro atoms. The van der Waals surface area contributed by atoms with E-state index in [0.29, 0.717) is 6.54 Å². The monoisotopic (exact) mass is 354 g/mol. The summed E-state index contributed by atoms with van der Waals surface area (Å²) in [6, 6.07) is 5.87. The van der Waals surface area contributed by atoms with E-state index in [1.165, 1.54) is 18.2 Å². The van der Waals surface area contributed by atoms with Crippen molar-refractivity contribution in [3.05, 3.63) is 55.2 Å². The number of amides is 1. The number of nitro benzene ring substituents is 1. The summed E-state index contributed by atoms with van der Waals surface area (Å²) in [4.78, 5) is 24.9. The number of nitro groups is 1. The number of benzene rings is 1. The standard InChI is InChI=1S/C15H15ClN2O4S/c1-10-5-6-23-14(10)8-17(2)15(19)9-22-13-4-3-11(18(20)21)7-12(13)16/h3-7H,8-9H2,1-2H3. The number of rotatable bonds is 6. The summed E-state index contributed by atoms with van der Waals surface area (Å²) in [6.45, 7) is 2.33. The highest BCUT2D eigenvalue weighted by molar-refractivity contribution is 7.10. The molecule has 0 N–H and O–H groups in total. The molecule has 0 fully saturated rings. The van der Waals surface area contributed by atoms with Crippen LogP contribution in [0.25, 0.3) is 0 Å². The van der Waals surface area contributed by atoms with Gasteiger partial charge in [-0.15, -0.1) is 11.3 Å². The Kier molecular flexibility index (Phi) is 5.57. The number of carbonyl (C=O) groups is 1. The molecule has 2 aromatic rings. The first-order chi connectivity index (χ1) is 10.9. The molecule has 1 amide bonds. The summed E-state index contributed by atoms with van der Waals surface area (Å²) in [5, 5.41) is 12.7. The topological polar surface area (TPSA) is 72.7 Å². The van der Waals surface area contributed by atoms with Crippen molar-refractivity contribution in [3.8, 4) is 5.75 Å². The van der Waals surface area contributed by atoms with Crippen LogP contribution in [0.5, 0.6) is 5.75 Å². The van der Waals surface area contributed by atoms with Crippen LogP contribution < -0.4 is 4.74 Å². The summed E-state index contributed by atoms with van der Waals surface area (Å²) < 4.78 is 5.36. The molecule has 6 nitrogen and oxygen atoms in total. The van der Waals surface area contributed by atoms with Crippen LogP contribution in [0.2, 0.25) is 5.02 Å². The third-order valence-electron chi connectivity index (χ3n) is 3.25. The van der Waals surface area contributed by atoms with E-state index in [1.54, 1.807) is 23.3 Å². The van der Waals surface area contributed by atoms with Gasteiger partial charge in [0.05, 0.1) is 16.5 Å². The quantitative estimate of drug-likeness (QED) is 0.586. The SMILES string of the molecule is Cc1ccsc1CN(C)C(=O)COc1ccc([N+](=O)[O-])cc1Cl. The van der Waals surface area contributed by atoms with Crippen LogP contribution in [0.3, 0.4) is 0 Å². The number of halogens is 1. The lowest BCUT2D eigenvalue weighted by Gasteiger charge is -2.17. The van der Waals surface area contributed by atoms with E-state index in [1.807, 2.05) is 18.4 Å². The Balaban J connectivity index is 1.93. The highest BCUT2D eigenvalue weighted by Gasteiger charge is 2.15. The molecule has 0 aliphatic carbocycles. The van der Waals surface area contributed by atoms with Gasteiger partial charge in [-0.25, -0.2) is 0 Å². The van der Waals surface area contributed by atoms with Gasteiger partial charge in [-0.1, -0.05) is 11.6 Å². The predicted molar refractivity (Wildman–Crippen MR) is 89.1 cm³/mol. The van der Waals surface area contributed by atoms with Crippen molar-refractivity contribution in [2.24, 2.45) is 0 Å².